The summed E-state index contributed by atoms with van der Waals surface area (Å²) in [6, 6.07) is 17.5. The first-order valence-corrected chi connectivity index (χ1v) is 10.7. The number of rotatable bonds is 9. The van der Waals surface area contributed by atoms with E-state index in [4.69, 9.17) is 14.6 Å². The van der Waals surface area contributed by atoms with E-state index in [2.05, 4.69) is 6.92 Å². The lowest BCUT2D eigenvalue weighted by molar-refractivity contribution is -0.135. The molecule has 164 valence electrons. The Morgan fingerprint density at radius 1 is 1.10 bits per heavy atom. The molecule has 3 aromatic rings. The highest BCUT2D eigenvalue weighted by molar-refractivity contribution is 5.78. The van der Waals surface area contributed by atoms with Crippen LogP contribution in [-0.4, -0.2) is 34.2 Å². The second-order valence-corrected chi connectivity index (χ2v) is 7.82. The molecule has 2 aromatic carbocycles. The van der Waals surface area contributed by atoms with Gasteiger partial charge in [0.1, 0.15) is 17.2 Å². The van der Waals surface area contributed by atoms with Crippen molar-refractivity contribution < 1.29 is 14.3 Å². The molecule has 0 bridgehead atoms. The van der Waals surface area contributed by atoms with Gasteiger partial charge in [0, 0.05) is 31.1 Å². The Bertz CT molecular complexity index is 1010. The van der Waals surface area contributed by atoms with Gasteiger partial charge in [0.2, 0.25) is 11.8 Å². The highest BCUT2D eigenvalue weighted by Gasteiger charge is 2.25. The Balaban J connectivity index is 2.07. The number of hydrogen-bond acceptors (Lipinski definition) is 4. The number of ether oxygens (including phenoxy) is 2. The molecule has 31 heavy (non-hydrogen) atoms. The molecule has 0 aliphatic carbocycles. The van der Waals surface area contributed by atoms with E-state index in [1.807, 2.05) is 80.4 Å². The van der Waals surface area contributed by atoms with Gasteiger partial charge < -0.3 is 14.4 Å². The van der Waals surface area contributed by atoms with Crippen LogP contribution in [0.1, 0.15) is 32.8 Å². The molecule has 0 atom stereocenters. The molecular formula is C25H31N3O3. The number of aromatic nitrogens is 2. The van der Waals surface area contributed by atoms with Gasteiger partial charge in [-0.05, 0) is 18.6 Å². The first-order valence-electron chi connectivity index (χ1n) is 10.7. The summed E-state index contributed by atoms with van der Waals surface area (Å²) in [5.41, 5.74) is 2.69. The molecule has 0 radical (unpaired) electrons. The summed E-state index contributed by atoms with van der Waals surface area (Å²) in [6.07, 6.45) is 0.880. The highest BCUT2D eigenvalue weighted by Crippen LogP contribution is 2.35. The predicted octanol–water partition coefficient (Wildman–Crippen LogP) is 5.28. The van der Waals surface area contributed by atoms with Crippen molar-refractivity contribution in [3.63, 3.8) is 0 Å². The first-order chi connectivity index (χ1) is 14.9. The Kier molecular flexibility index (Phi) is 7.34. The number of amides is 1. The minimum atomic E-state index is -0.0776. The van der Waals surface area contributed by atoms with Crippen LogP contribution in [0.3, 0.4) is 0 Å². The average molecular weight is 422 g/mol. The third kappa shape index (κ3) is 5.26. The standard InChI is InChI=1S/C25H31N3O3/c1-6-15-28(24(29)18(2)3)17-22-23(19-11-8-7-9-12-19)26-27(4)25(22)31-21-14-10-13-20(16-21)30-5/h7-14,16,18H,6,15,17H2,1-5H3. The SMILES string of the molecule is CCCN(Cc1c(-c2ccccc2)nn(C)c1Oc1cccc(OC)c1)C(=O)C(C)C. The second kappa shape index (κ2) is 10.2. The summed E-state index contributed by atoms with van der Waals surface area (Å²) in [6.45, 7) is 7.05. The van der Waals surface area contributed by atoms with Crippen LogP contribution in [0.15, 0.2) is 54.6 Å². The summed E-state index contributed by atoms with van der Waals surface area (Å²) in [7, 11) is 3.49. The molecule has 1 heterocycles. The van der Waals surface area contributed by atoms with Gasteiger partial charge in [-0.2, -0.15) is 5.10 Å². The summed E-state index contributed by atoms with van der Waals surface area (Å²) in [5, 5.41) is 4.76. The van der Waals surface area contributed by atoms with E-state index in [1.165, 1.54) is 0 Å². The van der Waals surface area contributed by atoms with Gasteiger partial charge in [0.15, 0.2) is 0 Å². The monoisotopic (exact) mass is 421 g/mol. The fourth-order valence-electron chi connectivity index (χ4n) is 3.52. The van der Waals surface area contributed by atoms with Crippen LogP contribution < -0.4 is 9.47 Å². The summed E-state index contributed by atoms with van der Waals surface area (Å²) in [4.78, 5) is 14.8. The second-order valence-electron chi connectivity index (χ2n) is 7.82. The lowest BCUT2D eigenvalue weighted by Gasteiger charge is -2.24. The smallest absolute Gasteiger partial charge is 0.225 e. The lowest BCUT2D eigenvalue weighted by atomic mass is 10.1. The number of carbonyl (C=O) groups is 1. The van der Waals surface area contributed by atoms with Crippen molar-refractivity contribution >= 4 is 5.91 Å². The van der Waals surface area contributed by atoms with Crippen LogP contribution in [0.5, 0.6) is 17.4 Å². The minimum absolute atomic E-state index is 0.0776. The van der Waals surface area contributed by atoms with Crippen LogP contribution in [0.2, 0.25) is 0 Å². The molecule has 6 nitrogen and oxygen atoms in total. The topological polar surface area (TPSA) is 56.6 Å². The van der Waals surface area contributed by atoms with E-state index < -0.39 is 0 Å². The number of aryl methyl sites for hydroxylation is 1. The first kappa shape index (κ1) is 22.4. The van der Waals surface area contributed by atoms with Gasteiger partial charge in [-0.1, -0.05) is 57.2 Å². The Hall–Kier alpha value is -3.28. The molecule has 0 aliphatic rings. The molecule has 0 unspecified atom stereocenters. The van der Waals surface area contributed by atoms with Gasteiger partial charge in [-0.3, -0.25) is 4.79 Å². The van der Waals surface area contributed by atoms with Crippen molar-refractivity contribution in [2.45, 2.75) is 33.7 Å². The van der Waals surface area contributed by atoms with E-state index in [9.17, 15) is 4.79 Å². The molecule has 0 aliphatic heterocycles. The molecule has 3 rings (SSSR count). The van der Waals surface area contributed by atoms with Crippen molar-refractivity contribution in [3.05, 3.63) is 60.2 Å². The summed E-state index contributed by atoms with van der Waals surface area (Å²) >= 11 is 0. The van der Waals surface area contributed by atoms with Crippen LogP contribution >= 0.6 is 0 Å². The zero-order chi connectivity index (χ0) is 22.4. The molecule has 0 N–H and O–H groups in total. The summed E-state index contributed by atoms with van der Waals surface area (Å²) in [5.74, 6) is 2.03. The van der Waals surface area contributed by atoms with E-state index in [1.54, 1.807) is 11.8 Å². The third-order valence-corrected chi connectivity index (χ3v) is 5.04. The molecule has 6 heteroatoms. The highest BCUT2D eigenvalue weighted by atomic mass is 16.5. The number of methoxy groups -OCH3 is 1. The van der Waals surface area contributed by atoms with E-state index in [0.717, 1.165) is 23.2 Å². The Labute approximate surface area is 184 Å². The van der Waals surface area contributed by atoms with E-state index in [0.29, 0.717) is 30.5 Å². The molecule has 0 saturated carbocycles. The zero-order valence-corrected chi connectivity index (χ0v) is 19.0. The molecule has 1 amide bonds. The lowest BCUT2D eigenvalue weighted by Crippen LogP contribution is -2.34. The number of nitrogens with zero attached hydrogens (tertiary/aromatic N) is 3. The van der Waals surface area contributed by atoms with Crippen molar-refractivity contribution in [3.8, 4) is 28.6 Å². The van der Waals surface area contributed by atoms with Crippen LogP contribution in [-0.2, 0) is 18.4 Å². The maximum Gasteiger partial charge on any atom is 0.225 e. The number of carbonyl (C=O) groups excluding carboxylic acids is 1. The normalized spacial score (nSPS) is 10.9. The number of benzene rings is 2. The summed E-state index contributed by atoms with van der Waals surface area (Å²) < 4.78 is 13.4. The van der Waals surface area contributed by atoms with Gasteiger partial charge in [0.25, 0.3) is 0 Å². The number of hydrogen-bond donors (Lipinski definition) is 0. The minimum Gasteiger partial charge on any atom is -0.497 e. The van der Waals surface area contributed by atoms with Gasteiger partial charge in [-0.15, -0.1) is 0 Å². The van der Waals surface area contributed by atoms with Crippen LogP contribution in [0, 0.1) is 5.92 Å². The van der Waals surface area contributed by atoms with Crippen molar-refractivity contribution in [1.29, 1.82) is 0 Å². The van der Waals surface area contributed by atoms with Crippen LogP contribution in [0.4, 0.5) is 0 Å². The Morgan fingerprint density at radius 2 is 1.81 bits per heavy atom. The van der Waals surface area contributed by atoms with Gasteiger partial charge in [-0.25, -0.2) is 4.68 Å². The van der Waals surface area contributed by atoms with E-state index >= 15 is 0 Å². The quantitative estimate of drug-likeness (QED) is 0.471. The average Bonchev–Trinajstić information content (AvgIpc) is 3.08. The van der Waals surface area contributed by atoms with Crippen molar-refractivity contribution in [1.82, 2.24) is 14.7 Å². The predicted molar refractivity (Wildman–Crippen MR) is 122 cm³/mol. The van der Waals surface area contributed by atoms with Crippen LogP contribution in [0.25, 0.3) is 11.3 Å². The van der Waals surface area contributed by atoms with E-state index in [-0.39, 0.29) is 11.8 Å². The molecule has 0 spiro atoms. The van der Waals surface area contributed by atoms with Crippen molar-refractivity contribution in [2.24, 2.45) is 13.0 Å². The molecule has 0 fully saturated rings. The zero-order valence-electron chi connectivity index (χ0n) is 19.0. The molecule has 1 aromatic heterocycles. The largest absolute Gasteiger partial charge is 0.497 e. The maximum atomic E-state index is 12.9. The maximum absolute atomic E-state index is 12.9. The fraction of sp³-hybridized carbons (Fsp3) is 0.360. The molecular weight excluding hydrogens is 390 g/mol. The van der Waals surface area contributed by atoms with Gasteiger partial charge >= 0.3 is 0 Å². The Morgan fingerprint density at radius 3 is 2.45 bits per heavy atom. The van der Waals surface area contributed by atoms with Gasteiger partial charge in [0.05, 0.1) is 19.2 Å². The van der Waals surface area contributed by atoms with Crippen molar-refractivity contribution in [2.75, 3.05) is 13.7 Å². The molecule has 0 saturated heterocycles. The third-order valence-electron chi connectivity index (χ3n) is 5.04. The fourth-order valence-corrected chi connectivity index (χ4v) is 3.52.